The summed E-state index contributed by atoms with van der Waals surface area (Å²) in [6.07, 6.45) is 3.26. The van der Waals surface area contributed by atoms with Crippen molar-refractivity contribution in [3.8, 4) is 0 Å². The SMILES string of the molecule is c1ccc(CCn2ccc3ccccc32)cc1.c1ccsc1. The summed E-state index contributed by atoms with van der Waals surface area (Å²) < 4.78 is 2.32. The number of hydrogen-bond acceptors (Lipinski definition) is 1. The number of nitrogens with zero attached hydrogens (tertiary/aromatic N) is 1. The smallest absolute Gasteiger partial charge is 0.0480 e. The number of thiophene rings is 1. The van der Waals surface area contributed by atoms with Gasteiger partial charge in [0.15, 0.2) is 0 Å². The molecular formula is C20H19NS. The fraction of sp³-hybridized carbons (Fsp3) is 0.100. The molecule has 2 heterocycles. The molecule has 2 aromatic heterocycles. The summed E-state index contributed by atoms with van der Waals surface area (Å²) >= 11 is 1.71. The van der Waals surface area contributed by atoms with Crippen LogP contribution in [-0.4, -0.2) is 4.57 Å². The molecule has 4 rings (SSSR count). The summed E-state index contributed by atoms with van der Waals surface area (Å²) in [5.41, 5.74) is 2.72. The van der Waals surface area contributed by atoms with E-state index in [1.807, 2.05) is 22.9 Å². The van der Waals surface area contributed by atoms with Gasteiger partial charge in [-0.3, -0.25) is 0 Å². The van der Waals surface area contributed by atoms with Gasteiger partial charge in [-0.05, 0) is 40.3 Å². The number of fused-ring (bicyclic) bond motifs is 1. The van der Waals surface area contributed by atoms with Crippen LogP contribution in [0.15, 0.2) is 89.8 Å². The Labute approximate surface area is 135 Å². The van der Waals surface area contributed by atoms with Gasteiger partial charge in [-0.2, -0.15) is 11.3 Å². The maximum absolute atomic E-state index is 2.32. The van der Waals surface area contributed by atoms with Crippen molar-refractivity contribution in [1.82, 2.24) is 4.57 Å². The van der Waals surface area contributed by atoms with Gasteiger partial charge in [0.05, 0.1) is 0 Å². The summed E-state index contributed by atoms with van der Waals surface area (Å²) in [7, 11) is 0. The summed E-state index contributed by atoms with van der Waals surface area (Å²) in [5.74, 6) is 0. The molecule has 0 aliphatic rings. The third kappa shape index (κ3) is 3.86. The predicted octanol–water partition coefficient (Wildman–Crippen LogP) is 5.63. The maximum Gasteiger partial charge on any atom is 0.0480 e. The number of aromatic nitrogens is 1. The fourth-order valence-corrected chi connectivity index (χ4v) is 2.91. The molecule has 0 aliphatic heterocycles. The molecule has 0 atom stereocenters. The van der Waals surface area contributed by atoms with Crippen molar-refractivity contribution in [3.05, 3.63) is 95.3 Å². The van der Waals surface area contributed by atoms with E-state index in [2.05, 4.69) is 71.4 Å². The van der Waals surface area contributed by atoms with E-state index in [0.717, 1.165) is 13.0 Å². The van der Waals surface area contributed by atoms with E-state index < -0.39 is 0 Å². The molecule has 2 aromatic carbocycles. The van der Waals surface area contributed by atoms with E-state index in [0.29, 0.717) is 0 Å². The first-order chi connectivity index (χ1) is 10.9. The van der Waals surface area contributed by atoms with Crippen LogP contribution >= 0.6 is 11.3 Å². The molecule has 0 spiro atoms. The van der Waals surface area contributed by atoms with E-state index in [1.54, 1.807) is 11.3 Å². The third-order valence-corrected chi connectivity index (χ3v) is 4.22. The summed E-state index contributed by atoms with van der Waals surface area (Å²) in [5, 5.41) is 5.40. The minimum Gasteiger partial charge on any atom is -0.347 e. The number of rotatable bonds is 3. The van der Waals surface area contributed by atoms with Gasteiger partial charge < -0.3 is 4.57 Å². The van der Waals surface area contributed by atoms with Crippen LogP contribution in [0.25, 0.3) is 10.9 Å². The van der Waals surface area contributed by atoms with Gasteiger partial charge in [0, 0.05) is 18.3 Å². The first-order valence-electron chi connectivity index (χ1n) is 7.48. The zero-order valence-electron chi connectivity index (χ0n) is 12.4. The van der Waals surface area contributed by atoms with Gasteiger partial charge in [-0.1, -0.05) is 60.7 Å². The van der Waals surface area contributed by atoms with Gasteiger partial charge in [0.2, 0.25) is 0 Å². The second kappa shape index (κ2) is 7.62. The molecule has 0 amide bonds. The predicted molar refractivity (Wildman–Crippen MR) is 96.4 cm³/mol. The molecule has 0 aliphatic carbocycles. The molecular weight excluding hydrogens is 286 g/mol. The number of hydrogen-bond donors (Lipinski definition) is 0. The standard InChI is InChI=1S/C16H15N.C4H4S/c1-2-6-14(7-3-1)10-12-17-13-11-15-8-4-5-9-16(15)17;1-2-4-5-3-1/h1-9,11,13H,10,12H2;1-4H. The second-order valence-corrected chi connectivity index (χ2v) is 5.91. The van der Waals surface area contributed by atoms with Gasteiger partial charge in [0.25, 0.3) is 0 Å². The largest absolute Gasteiger partial charge is 0.347 e. The molecule has 0 saturated carbocycles. The fourth-order valence-electron chi connectivity index (χ4n) is 2.46. The van der Waals surface area contributed by atoms with Gasteiger partial charge >= 0.3 is 0 Å². The Morgan fingerprint density at radius 3 is 2.18 bits per heavy atom. The second-order valence-electron chi connectivity index (χ2n) is 5.10. The molecule has 2 heteroatoms. The molecule has 0 radical (unpaired) electrons. The first kappa shape index (κ1) is 14.6. The van der Waals surface area contributed by atoms with Crippen LogP contribution in [-0.2, 0) is 13.0 Å². The Kier molecular flexibility index (Phi) is 5.06. The van der Waals surface area contributed by atoms with E-state index in [1.165, 1.54) is 16.5 Å². The zero-order valence-corrected chi connectivity index (χ0v) is 13.2. The molecule has 1 nitrogen and oxygen atoms in total. The van der Waals surface area contributed by atoms with E-state index in [9.17, 15) is 0 Å². The average molecular weight is 305 g/mol. The van der Waals surface area contributed by atoms with Crippen molar-refractivity contribution < 1.29 is 0 Å². The van der Waals surface area contributed by atoms with Crippen LogP contribution in [0.2, 0.25) is 0 Å². The minimum atomic E-state index is 1.04. The minimum absolute atomic E-state index is 1.04. The normalized spacial score (nSPS) is 10.2. The van der Waals surface area contributed by atoms with E-state index in [4.69, 9.17) is 0 Å². The monoisotopic (exact) mass is 305 g/mol. The molecule has 0 unspecified atom stereocenters. The molecule has 110 valence electrons. The van der Waals surface area contributed by atoms with E-state index in [-0.39, 0.29) is 0 Å². The zero-order chi connectivity index (χ0) is 15.0. The Morgan fingerprint density at radius 1 is 0.727 bits per heavy atom. The van der Waals surface area contributed by atoms with Crippen molar-refractivity contribution in [2.45, 2.75) is 13.0 Å². The Morgan fingerprint density at radius 2 is 1.45 bits per heavy atom. The Balaban J connectivity index is 0.000000246. The van der Waals surface area contributed by atoms with Crippen molar-refractivity contribution in [3.63, 3.8) is 0 Å². The van der Waals surface area contributed by atoms with Gasteiger partial charge in [0.1, 0.15) is 0 Å². The van der Waals surface area contributed by atoms with Crippen molar-refractivity contribution in [1.29, 1.82) is 0 Å². The molecule has 4 aromatic rings. The lowest BCUT2D eigenvalue weighted by Gasteiger charge is -2.05. The number of aryl methyl sites for hydroxylation is 2. The van der Waals surface area contributed by atoms with Crippen LogP contribution in [0.5, 0.6) is 0 Å². The highest BCUT2D eigenvalue weighted by Gasteiger charge is 1.99. The molecule has 0 fully saturated rings. The Bertz CT molecular complexity index is 768. The highest BCUT2D eigenvalue weighted by Crippen LogP contribution is 2.15. The summed E-state index contributed by atoms with van der Waals surface area (Å²) in [6.45, 7) is 1.04. The maximum atomic E-state index is 2.32. The van der Waals surface area contributed by atoms with Crippen LogP contribution in [0.3, 0.4) is 0 Å². The molecule has 0 saturated heterocycles. The highest BCUT2D eigenvalue weighted by molar-refractivity contribution is 7.07. The first-order valence-corrected chi connectivity index (χ1v) is 8.43. The van der Waals surface area contributed by atoms with Crippen LogP contribution in [0.4, 0.5) is 0 Å². The van der Waals surface area contributed by atoms with E-state index >= 15 is 0 Å². The molecule has 22 heavy (non-hydrogen) atoms. The van der Waals surface area contributed by atoms with Crippen LogP contribution in [0.1, 0.15) is 5.56 Å². The Hall–Kier alpha value is -2.32. The number of benzene rings is 2. The lowest BCUT2D eigenvalue weighted by Crippen LogP contribution is -1.99. The molecule has 0 N–H and O–H groups in total. The highest BCUT2D eigenvalue weighted by atomic mass is 32.1. The average Bonchev–Trinajstić information content (AvgIpc) is 3.27. The third-order valence-electron chi connectivity index (χ3n) is 3.59. The van der Waals surface area contributed by atoms with Crippen LogP contribution < -0.4 is 0 Å². The summed E-state index contributed by atoms with van der Waals surface area (Å²) in [4.78, 5) is 0. The van der Waals surface area contributed by atoms with Crippen molar-refractivity contribution in [2.24, 2.45) is 0 Å². The molecule has 0 bridgehead atoms. The van der Waals surface area contributed by atoms with Crippen molar-refractivity contribution >= 4 is 22.2 Å². The van der Waals surface area contributed by atoms with Gasteiger partial charge in [-0.25, -0.2) is 0 Å². The van der Waals surface area contributed by atoms with Crippen LogP contribution in [0, 0.1) is 0 Å². The topological polar surface area (TPSA) is 4.93 Å². The lowest BCUT2D eigenvalue weighted by atomic mass is 10.1. The van der Waals surface area contributed by atoms with Gasteiger partial charge in [-0.15, -0.1) is 0 Å². The summed E-state index contributed by atoms with van der Waals surface area (Å²) in [6, 6.07) is 25.4. The quantitative estimate of drug-likeness (QED) is 0.462. The van der Waals surface area contributed by atoms with Crippen molar-refractivity contribution in [2.75, 3.05) is 0 Å². The lowest BCUT2D eigenvalue weighted by molar-refractivity contribution is 0.723. The number of para-hydroxylation sites is 1.